The minimum absolute atomic E-state index is 0.0452. The zero-order valence-corrected chi connectivity index (χ0v) is 17.5. The fourth-order valence-corrected chi connectivity index (χ4v) is 2.98. The molecule has 10 heteroatoms. The molecule has 2 aromatic heterocycles. The molecule has 164 valence electrons. The number of hydrogen-bond donors (Lipinski definition) is 2. The number of carbonyl (C=O) groups is 1. The van der Waals surface area contributed by atoms with Crippen LogP contribution in [-0.4, -0.2) is 40.4 Å². The highest BCUT2D eigenvalue weighted by Gasteiger charge is 2.25. The smallest absolute Gasteiger partial charge is 0.274 e. The van der Waals surface area contributed by atoms with Crippen LogP contribution in [0.25, 0.3) is 11.5 Å². The number of aromatic nitrogens is 3. The van der Waals surface area contributed by atoms with Gasteiger partial charge in [0.05, 0.1) is 20.3 Å². The Balaban J connectivity index is 1.88. The quantitative estimate of drug-likeness (QED) is 0.557. The second-order valence-electron chi connectivity index (χ2n) is 7.17. The van der Waals surface area contributed by atoms with Crippen molar-refractivity contribution in [2.45, 2.75) is 26.3 Å². The third-order valence-corrected chi connectivity index (χ3v) is 4.49. The molecule has 1 aromatic carbocycles. The summed E-state index contributed by atoms with van der Waals surface area (Å²) in [7, 11) is 2.74. The van der Waals surface area contributed by atoms with Gasteiger partial charge in [0.15, 0.2) is 34.6 Å². The molecule has 3 aromatic rings. The van der Waals surface area contributed by atoms with E-state index < -0.39 is 17.8 Å². The summed E-state index contributed by atoms with van der Waals surface area (Å²) in [6, 6.07) is 5.01. The van der Waals surface area contributed by atoms with Gasteiger partial charge >= 0.3 is 0 Å². The number of amides is 1. The molecule has 2 heterocycles. The first-order valence-corrected chi connectivity index (χ1v) is 9.54. The van der Waals surface area contributed by atoms with Gasteiger partial charge < -0.3 is 24.4 Å². The van der Waals surface area contributed by atoms with Crippen LogP contribution in [0, 0.1) is 11.7 Å². The van der Waals surface area contributed by atoms with Gasteiger partial charge in [0.2, 0.25) is 0 Å². The van der Waals surface area contributed by atoms with E-state index in [0.717, 1.165) is 0 Å². The molecule has 31 heavy (non-hydrogen) atoms. The van der Waals surface area contributed by atoms with E-state index >= 15 is 0 Å². The minimum atomic E-state index is -0.614. The molecule has 0 spiro atoms. The van der Waals surface area contributed by atoms with E-state index in [1.165, 1.54) is 44.7 Å². The van der Waals surface area contributed by atoms with E-state index in [1.807, 2.05) is 13.8 Å². The summed E-state index contributed by atoms with van der Waals surface area (Å²) in [5.74, 6) is -0.737. The molecule has 0 radical (unpaired) electrons. The van der Waals surface area contributed by atoms with Crippen LogP contribution in [-0.2, 0) is 0 Å². The number of ether oxygens (including phenoxy) is 2. The van der Waals surface area contributed by atoms with E-state index in [-0.39, 0.29) is 40.6 Å². The maximum atomic E-state index is 13.7. The van der Waals surface area contributed by atoms with E-state index in [2.05, 4.69) is 20.4 Å². The van der Waals surface area contributed by atoms with Crippen molar-refractivity contribution in [3.05, 3.63) is 47.8 Å². The van der Waals surface area contributed by atoms with Crippen molar-refractivity contribution < 1.29 is 28.3 Å². The third-order valence-electron chi connectivity index (χ3n) is 4.49. The normalized spacial score (nSPS) is 11.9. The number of benzene rings is 1. The van der Waals surface area contributed by atoms with Crippen LogP contribution in [0.15, 0.2) is 35.0 Å². The number of pyridine rings is 1. The molecule has 0 aliphatic carbocycles. The van der Waals surface area contributed by atoms with Crippen LogP contribution in [0.5, 0.6) is 17.2 Å². The molecule has 0 saturated heterocycles. The van der Waals surface area contributed by atoms with E-state index in [0.29, 0.717) is 12.0 Å². The number of aromatic hydroxyl groups is 1. The Morgan fingerprint density at radius 2 is 1.97 bits per heavy atom. The first-order chi connectivity index (χ1) is 14.8. The van der Waals surface area contributed by atoms with Crippen molar-refractivity contribution in [3.8, 4) is 28.7 Å². The number of halogens is 1. The minimum Gasteiger partial charge on any atom is -0.503 e. The Bertz CT molecular complexity index is 1070. The molecule has 0 bridgehead atoms. The summed E-state index contributed by atoms with van der Waals surface area (Å²) in [5, 5.41) is 17.0. The predicted molar refractivity (Wildman–Crippen MR) is 108 cm³/mol. The van der Waals surface area contributed by atoms with Gasteiger partial charge in [-0.15, -0.1) is 0 Å². The fourth-order valence-electron chi connectivity index (χ4n) is 2.98. The van der Waals surface area contributed by atoms with Crippen molar-refractivity contribution in [1.82, 2.24) is 20.4 Å². The summed E-state index contributed by atoms with van der Waals surface area (Å²) >= 11 is 0. The number of carbonyl (C=O) groups excluding carboxylic acids is 1. The fraction of sp³-hybridized carbons (Fsp3) is 0.333. The monoisotopic (exact) mass is 430 g/mol. The lowest BCUT2D eigenvalue weighted by atomic mass is 10.0. The molecular formula is C21H23FN4O5. The van der Waals surface area contributed by atoms with Gasteiger partial charge in [0, 0.05) is 17.8 Å². The van der Waals surface area contributed by atoms with E-state index in [9.17, 15) is 14.3 Å². The summed E-state index contributed by atoms with van der Waals surface area (Å²) in [6.45, 7) is 3.96. The Morgan fingerprint density at radius 3 is 2.65 bits per heavy atom. The molecule has 9 nitrogen and oxygen atoms in total. The highest BCUT2D eigenvalue weighted by molar-refractivity contribution is 5.95. The van der Waals surface area contributed by atoms with Crippen LogP contribution in [0.1, 0.15) is 42.6 Å². The molecule has 0 saturated carbocycles. The van der Waals surface area contributed by atoms with Gasteiger partial charge in [-0.05, 0) is 30.5 Å². The lowest BCUT2D eigenvalue weighted by molar-refractivity contribution is 0.0920. The molecule has 3 rings (SSSR count). The Labute approximate surface area is 178 Å². The Hall–Kier alpha value is -3.69. The van der Waals surface area contributed by atoms with Crippen LogP contribution in [0.2, 0.25) is 0 Å². The first-order valence-electron chi connectivity index (χ1n) is 9.54. The van der Waals surface area contributed by atoms with Crippen LogP contribution >= 0.6 is 0 Å². The molecule has 0 aliphatic heterocycles. The standard InChI is InChI=1S/C21H23FN4O5/c1-11(2)9-14(24-20(28)17-18(27)15(29-3)7-8-23-17)19-25-21(31-26-19)12-5-6-13(22)16(10-12)30-4/h5-8,10-11,14,27H,9H2,1-4H3,(H,24,28)/t14-/m0/s1. The average Bonchev–Trinajstić information content (AvgIpc) is 3.23. The van der Waals surface area contributed by atoms with Gasteiger partial charge in [-0.2, -0.15) is 4.98 Å². The SMILES string of the molecule is COc1cc(-c2nc([C@H](CC(C)C)NC(=O)c3nccc(OC)c3O)no2)ccc1F. The summed E-state index contributed by atoms with van der Waals surface area (Å²) in [6.07, 6.45) is 1.86. The highest BCUT2D eigenvalue weighted by Crippen LogP contribution is 2.30. The second kappa shape index (κ2) is 9.41. The van der Waals surface area contributed by atoms with Crippen molar-refractivity contribution in [2.24, 2.45) is 5.92 Å². The Kier molecular flexibility index (Phi) is 6.68. The average molecular weight is 430 g/mol. The molecule has 1 atom stereocenters. The number of hydrogen-bond acceptors (Lipinski definition) is 8. The molecule has 1 amide bonds. The molecular weight excluding hydrogens is 407 g/mol. The first kappa shape index (κ1) is 22.0. The zero-order valence-electron chi connectivity index (χ0n) is 17.5. The van der Waals surface area contributed by atoms with Gasteiger partial charge in [0.1, 0.15) is 0 Å². The largest absolute Gasteiger partial charge is 0.503 e. The lowest BCUT2D eigenvalue weighted by Crippen LogP contribution is -2.31. The molecule has 2 N–H and O–H groups in total. The van der Waals surface area contributed by atoms with Crippen LogP contribution < -0.4 is 14.8 Å². The van der Waals surface area contributed by atoms with Crippen molar-refractivity contribution in [1.29, 1.82) is 0 Å². The maximum Gasteiger partial charge on any atom is 0.274 e. The van der Waals surface area contributed by atoms with Gasteiger partial charge in [-0.25, -0.2) is 9.37 Å². The van der Waals surface area contributed by atoms with Crippen LogP contribution in [0.4, 0.5) is 4.39 Å². The number of nitrogens with one attached hydrogen (secondary N) is 1. The van der Waals surface area contributed by atoms with E-state index in [1.54, 1.807) is 0 Å². The highest BCUT2D eigenvalue weighted by atomic mass is 19.1. The van der Waals surface area contributed by atoms with E-state index in [4.69, 9.17) is 14.0 Å². The maximum absolute atomic E-state index is 13.7. The summed E-state index contributed by atoms with van der Waals surface area (Å²) in [5.41, 5.74) is 0.291. The number of nitrogens with zero attached hydrogens (tertiary/aromatic N) is 3. The van der Waals surface area contributed by atoms with Gasteiger partial charge in [0.25, 0.3) is 11.8 Å². The van der Waals surface area contributed by atoms with Crippen molar-refractivity contribution >= 4 is 5.91 Å². The number of rotatable bonds is 8. The second-order valence-corrected chi connectivity index (χ2v) is 7.17. The topological polar surface area (TPSA) is 120 Å². The Morgan fingerprint density at radius 1 is 1.23 bits per heavy atom. The van der Waals surface area contributed by atoms with Gasteiger partial charge in [-0.1, -0.05) is 19.0 Å². The zero-order chi connectivity index (χ0) is 22.5. The predicted octanol–water partition coefficient (Wildman–Crippen LogP) is 3.51. The lowest BCUT2D eigenvalue weighted by Gasteiger charge is -2.17. The molecule has 0 unspecified atom stereocenters. The summed E-state index contributed by atoms with van der Waals surface area (Å²) < 4.78 is 29.0. The summed E-state index contributed by atoms with van der Waals surface area (Å²) in [4.78, 5) is 21.1. The van der Waals surface area contributed by atoms with Crippen LogP contribution in [0.3, 0.4) is 0 Å². The molecule has 0 aliphatic rings. The van der Waals surface area contributed by atoms with Gasteiger partial charge in [-0.3, -0.25) is 4.79 Å². The third kappa shape index (κ3) is 4.90. The number of methoxy groups -OCH3 is 2. The molecule has 0 fully saturated rings. The van der Waals surface area contributed by atoms with Crippen molar-refractivity contribution in [2.75, 3.05) is 14.2 Å². The van der Waals surface area contributed by atoms with Crippen molar-refractivity contribution in [3.63, 3.8) is 0 Å².